The van der Waals surface area contributed by atoms with Crippen molar-refractivity contribution in [3.63, 3.8) is 0 Å². The summed E-state index contributed by atoms with van der Waals surface area (Å²) < 4.78 is 0. The lowest BCUT2D eigenvalue weighted by Crippen LogP contribution is -2.23. The Hall–Kier alpha value is -1.51. The maximum absolute atomic E-state index is 10.8. The van der Waals surface area contributed by atoms with Gasteiger partial charge < -0.3 is 15.1 Å². The molecule has 2 rings (SSSR count). The maximum Gasteiger partial charge on any atom is 0.329 e. The molecule has 1 aliphatic heterocycles. The molecule has 0 spiro atoms. The van der Waals surface area contributed by atoms with Crippen LogP contribution in [0.25, 0.3) is 0 Å². The molecule has 92 valence electrons. The minimum absolute atomic E-state index is 0.00519. The highest BCUT2D eigenvalue weighted by atomic mass is 35.5. The van der Waals surface area contributed by atoms with E-state index in [0.717, 1.165) is 6.20 Å². The van der Waals surface area contributed by atoms with Crippen LogP contribution in [0.15, 0.2) is 6.20 Å². The summed E-state index contributed by atoms with van der Waals surface area (Å²) in [5.74, 6) is 0.00519. The van der Waals surface area contributed by atoms with Crippen LogP contribution < -0.4 is 4.90 Å². The van der Waals surface area contributed by atoms with E-state index in [1.54, 1.807) is 0 Å². The minimum Gasteiger partial charge on any atom is -0.389 e. The molecule has 0 aromatic carbocycles. The first kappa shape index (κ1) is 12.0. The number of hydrogen-bond acceptors (Lipinski definition) is 7. The number of β-amino-alcohol motifs (C(OH)–C–C–N with tert-alkyl or cyclic N) is 2. The van der Waals surface area contributed by atoms with Crippen LogP contribution in [-0.4, -0.2) is 50.4 Å². The lowest BCUT2D eigenvalue weighted by Gasteiger charge is -2.15. The SMILES string of the molecule is O=[N+]([O-])c1cnc(Cl)nc1N1CC(O)C(O)C1. The predicted molar refractivity (Wildman–Crippen MR) is 57.9 cm³/mol. The number of aromatic nitrogens is 2. The van der Waals surface area contributed by atoms with Gasteiger partial charge in [0.25, 0.3) is 0 Å². The van der Waals surface area contributed by atoms with Gasteiger partial charge in [0.15, 0.2) is 0 Å². The van der Waals surface area contributed by atoms with Gasteiger partial charge in [0.1, 0.15) is 6.20 Å². The third-order valence-electron chi connectivity index (χ3n) is 2.48. The lowest BCUT2D eigenvalue weighted by atomic mass is 10.3. The summed E-state index contributed by atoms with van der Waals surface area (Å²) in [6, 6.07) is 0. The van der Waals surface area contributed by atoms with Crippen LogP contribution in [0.2, 0.25) is 5.28 Å². The summed E-state index contributed by atoms with van der Waals surface area (Å²) in [6.07, 6.45) is -0.909. The van der Waals surface area contributed by atoms with Gasteiger partial charge in [0.2, 0.25) is 11.1 Å². The highest BCUT2D eigenvalue weighted by Crippen LogP contribution is 2.28. The van der Waals surface area contributed by atoms with Gasteiger partial charge in [-0.3, -0.25) is 10.1 Å². The van der Waals surface area contributed by atoms with Crippen molar-refractivity contribution in [1.82, 2.24) is 9.97 Å². The zero-order chi connectivity index (χ0) is 12.6. The normalized spacial score (nSPS) is 24.1. The molecular formula is C8H9ClN4O4. The number of aliphatic hydroxyl groups excluding tert-OH is 2. The fraction of sp³-hybridized carbons (Fsp3) is 0.500. The van der Waals surface area contributed by atoms with Crippen molar-refractivity contribution in [1.29, 1.82) is 0 Å². The fourth-order valence-electron chi connectivity index (χ4n) is 1.65. The van der Waals surface area contributed by atoms with Gasteiger partial charge in [-0.2, -0.15) is 4.98 Å². The van der Waals surface area contributed by atoms with Gasteiger partial charge in [0, 0.05) is 13.1 Å². The molecule has 0 saturated carbocycles. The summed E-state index contributed by atoms with van der Waals surface area (Å²) in [5, 5.41) is 29.4. The predicted octanol–water partition coefficient (Wildman–Crippen LogP) is -0.420. The number of halogens is 1. The molecule has 1 aromatic rings. The van der Waals surface area contributed by atoms with E-state index < -0.39 is 17.1 Å². The Kier molecular flexibility index (Phi) is 3.09. The first-order valence-corrected chi connectivity index (χ1v) is 5.15. The van der Waals surface area contributed by atoms with Gasteiger partial charge in [0.05, 0.1) is 17.1 Å². The molecule has 1 saturated heterocycles. The van der Waals surface area contributed by atoms with Crippen molar-refractivity contribution in [2.24, 2.45) is 0 Å². The summed E-state index contributed by atoms with van der Waals surface area (Å²) in [4.78, 5) is 18.8. The van der Waals surface area contributed by atoms with Crippen LogP contribution in [0.4, 0.5) is 11.5 Å². The zero-order valence-corrected chi connectivity index (χ0v) is 9.28. The number of hydrogen-bond donors (Lipinski definition) is 2. The van der Waals surface area contributed by atoms with E-state index in [0.29, 0.717) is 0 Å². The molecular weight excluding hydrogens is 252 g/mol. The first-order chi connectivity index (χ1) is 7.99. The van der Waals surface area contributed by atoms with Gasteiger partial charge in [-0.05, 0) is 11.6 Å². The van der Waals surface area contributed by atoms with Gasteiger partial charge in [-0.15, -0.1) is 0 Å². The smallest absolute Gasteiger partial charge is 0.329 e. The zero-order valence-electron chi connectivity index (χ0n) is 8.52. The molecule has 1 aliphatic rings. The monoisotopic (exact) mass is 260 g/mol. The molecule has 2 atom stereocenters. The van der Waals surface area contributed by atoms with Gasteiger partial charge >= 0.3 is 5.69 Å². The van der Waals surface area contributed by atoms with Crippen LogP contribution in [-0.2, 0) is 0 Å². The summed E-state index contributed by atoms with van der Waals surface area (Å²) in [5.41, 5.74) is -0.310. The number of nitrogens with zero attached hydrogens (tertiary/aromatic N) is 4. The summed E-state index contributed by atoms with van der Waals surface area (Å²) in [7, 11) is 0. The molecule has 0 aliphatic carbocycles. The average molecular weight is 261 g/mol. The number of anilines is 1. The molecule has 0 radical (unpaired) electrons. The third kappa shape index (κ3) is 2.28. The Balaban J connectivity index is 2.37. The Labute approximate surface area is 101 Å². The average Bonchev–Trinajstić information content (AvgIpc) is 2.58. The molecule has 8 nitrogen and oxygen atoms in total. The molecule has 2 unspecified atom stereocenters. The molecule has 0 amide bonds. The largest absolute Gasteiger partial charge is 0.389 e. The Morgan fingerprint density at radius 2 is 2.06 bits per heavy atom. The number of rotatable bonds is 2. The van der Waals surface area contributed by atoms with Crippen LogP contribution in [0, 0.1) is 10.1 Å². The van der Waals surface area contributed by atoms with Crippen LogP contribution in [0.3, 0.4) is 0 Å². The third-order valence-corrected chi connectivity index (χ3v) is 2.66. The van der Waals surface area contributed by atoms with Crippen molar-refractivity contribution >= 4 is 23.1 Å². The Morgan fingerprint density at radius 1 is 1.47 bits per heavy atom. The van der Waals surface area contributed by atoms with E-state index in [1.807, 2.05) is 0 Å². The van der Waals surface area contributed by atoms with Crippen molar-refractivity contribution in [3.05, 3.63) is 21.6 Å². The Morgan fingerprint density at radius 3 is 2.59 bits per heavy atom. The van der Waals surface area contributed by atoms with Crippen LogP contribution in [0.5, 0.6) is 0 Å². The topological polar surface area (TPSA) is 113 Å². The number of aliphatic hydroxyl groups is 2. The van der Waals surface area contributed by atoms with Crippen LogP contribution >= 0.6 is 11.6 Å². The van der Waals surface area contributed by atoms with E-state index in [-0.39, 0.29) is 29.9 Å². The minimum atomic E-state index is -0.955. The highest BCUT2D eigenvalue weighted by molar-refractivity contribution is 6.28. The van der Waals surface area contributed by atoms with Crippen molar-refractivity contribution in [3.8, 4) is 0 Å². The van der Waals surface area contributed by atoms with E-state index in [4.69, 9.17) is 11.6 Å². The van der Waals surface area contributed by atoms with Gasteiger partial charge in [-0.1, -0.05) is 0 Å². The van der Waals surface area contributed by atoms with E-state index in [1.165, 1.54) is 4.90 Å². The standard InChI is InChI=1S/C8H9ClN4O4/c9-8-10-1-4(13(16)17)7(11-8)12-2-5(14)6(15)3-12/h1,5-6,14-15H,2-3H2. The van der Waals surface area contributed by atoms with Gasteiger partial charge in [-0.25, -0.2) is 4.98 Å². The highest BCUT2D eigenvalue weighted by Gasteiger charge is 2.34. The number of nitro groups is 1. The second-order valence-electron chi connectivity index (χ2n) is 3.64. The van der Waals surface area contributed by atoms with Crippen molar-refractivity contribution < 1.29 is 15.1 Å². The second-order valence-corrected chi connectivity index (χ2v) is 3.98. The lowest BCUT2D eigenvalue weighted by molar-refractivity contribution is -0.384. The van der Waals surface area contributed by atoms with E-state index in [9.17, 15) is 20.3 Å². The van der Waals surface area contributed by atoms with E-state index in [2.05, 4.69) is 9.97 Å². The van der Waals surface area contributed by atoms with Crippen LogP contribution in [0.1, 0.15) is 0 Å². The maximum atomic E-state index is 10.8. The molecule has 17 heavy (non-hydrogen) atoms. The Bertz CT molecular complexity index is 447. The molecule has 1 aromatic heterocycles. The fourth-order valence-corrected chi connectivity index (χ4v) is 1.78. The molecule has 2 heterocycles. The second kappa shape index (κ2) is 4.40. The summed E-state index contributed by atoms with van der Waals surface area (Å²) >= 11 is 5.58. The first-order valence-electron chi connectivity index (χ1n) is 4.77. The quantitative estimate of drug-likeness (QED) is 0.422. The summed E-state index contributed by atoms with van der Waals surface area (Å²) in [6.45, 7) is 0.130. The van der Waals surface area contributed by atoms with Crippen molar-refractivity contribution in [2.75, 3.05) is 18.0 Å². The molecule has 2 N–H and O–H groups in total. The molecule has 0 bridgehead atoms. The van der Waals surface area contributed by atoms with E-state index >= 15 is 0 Å². The molecule has 1 fully saturated rings. The molecule has 9 heteroatoms. The van der Waals surface area contributed by atoms with Crippen molar-refractivity contribution in [2.45, 2.75) is 12.2 Å².